The Morgan fingerprint density at radius 1 is 1.43 bits per heavy atom. The van der Waals surface area contributed by atoms with Gasteiger partial charge in [-0.3, -0.25) is 9.59 Å². The minimum atomic E-state index is -1.13. The number of aryl methyl sites for hydroxylation is 1. The van der Waals surface area contributed by atoms with E-state index in [1.807, 2.05) is 0 Å². The molecular formula is C21H17ClN4O3S. The molecule has 0 spiro atoms. The van der Waals surface area contributed by atoms with Gasteiger partial charge in [0.05, 0.1) is 22.4 Å². The van der Waals surface area contributed by atoms with Gasteiger partial charge in [-0.1, -0.05) is 29.8 Å². The first-order chi connectivity index (χ1) is 14.4. The van der Waals surface area contributed by atoms with Crippen LogP contribution in [0.3, 0.4) is 0 Å². The molecule has 1 aliphatic rings. The third-order valence-electron chi connectivity index (χ3n) is 5.18. The Morgan fingerprint density at radius 3 is 2.83 bits per heavy atom. The largest absolute Gasteiger partial charge is 0.465 e. The number of anilines is 2. The minimum absolute atomic E-state index is 0.102. The van der Waals surface area contributed by atoms with Crippen molar-refractivity contribution in [1.29, 1.82) is 5.26 Å². The lowest BCUT2D eigenvalue weighted by Gasteiger charge is -2.30. The van der Waals surface area contributed by atoms with Gasteiger partial charge in [0.2, 0.25) is 5.91 Å². The van der Waals surface area contributed by atoms with E-state index < -0.39 is 23.7 Å². The SMILES string of the molecule is CCOC(=O)[C@H]1C(=O)Nc2sc3c(C)c(C#N)c(N)nc3c2[C@H]1c1ccccc1Cl. The molecule has 0 saturated heterocycles. The molecule has 1 aromatic carbocycles. The predicted octanol–water partition coefficient (Wildman–Crippen LogP) is 3.98. The summed E-state index contributed by atoms with van der Waals surface area (Å²) >= 11 is 7.78. The number of carbonyl (C=O) groups is 2. The first-order valence-corrected chi connectivity index (χ1v) is 10.4. The number of aromatic nitrogens is 1. The number of thiophene rings is 1. The number of hydrogen-bond acceptors (Lipinski definition) is 7. The Hall–Kier alpha value is -3.15. The number of fused-ring (bicyclic) bond motifs is 3. The molecule has 2 aromatic heterocycles. The molecule has 0 radical (unpaired) electrons. The molecule has 3 N–H and O–H groups in total. The van der Waals surface area contributed by atoms with Gasteiger partial charge in [-0.25, -0.2) is 4.98 Å². The van der Waals surface area contributed by atoms with Crippen molar-refractivity contribution in [3.63, 3.8) is 0 Å². The van der Waals surface area contributed by atoms with Gasteiger partial charge in [-0.15, -0.1) is 11.3 Å². The lowest BCUT2D eigenvalue weighted by Crippen LogP contribution is -2.39. The van der Waals surface area contributed by atoms with Gasteiger partial charge in [-0.2, -0.15) is 5.26 Å². The summed E-state index contributed by atoms with van der Waals surface area (Å²) in [4.78, 5) is 30.2. The first kappa shape index (κ1) is 20.1. The fraction of sp³-hybridized carbons (Fsp3) is 0.238. The lowest BCUT2D eigenvalue weighted by molar-refractivity contribution is -0.151. The number of nitriles is 1. The average molecular weight is 441 g/mol. The number of benzene rings is 1. The number of rotatable bonds is 3. The van der Waals surface area contributed by atoms with Crippen LogP contribution in [0.25, 0.3) is 10.2 Å². The molecule has 0 aliphatic carbocycles. The van der Waals surface area contributed by atoms with Crippen molar-refractivity contribution in [2.24, 2.45) is 5.92 Å². The standard InChI is InChI=1S/C21H17ClN4O3S/c1-3-29-21(28)15-13(10-6-4-5-7-12(10)22)14-16-17(30-20(14)26-19(15)27)9(2)11(8-23)18(24)25-16/h4-7,13,15H,3H2,1-2H3,(H2,24,25)(H,26,27)/t13-,15-/m1/s1. The Labute approximate surface area is 181 Å². The molecule has 2 atom stereocenters. The molecule has 0 fully saturated rings. The fourth-order valence-corrected chi connectivity index (χ4v) is 5.30. The molecule has 1 amide bonds. The maximum absolute atomic E-state index is 13.0. The quantitative estimate of drug-likeness (QED) is 0.469. The van der Waals surface area contributed by atoms with Crippen molar-refractivity contribution in [2.45, 2.75) is 19.8 Å². The molecule has 1 aliphatic heterocycles. The van der Waals surface area contributed by atoms with Crippen molar-refractivity contribution >= 4 is 55.8 Å². The van der Waals surface area contributed by atoms with Crippen LogP contribution in [-0.4, -0.2) is 23.5 Å². The van der Waals surface area contributed by atoms with Gasteiger partial charge in [0, 0.05) is 16.5 Å². The second-order valence-corrected chi connectivity index (χ2v) is 8.28. The lowest BCUT2D eigenvalue weighted by atomic mass is 9.78. The van der Waals surface area contributed by atoms with Crippen molar-refractivity contribution in [2.75, 3.05) is 17.7 Å². The van der Waals surface area contributed by atoms with E-state index in [4.69, 9.17) is 22.1 Å². The zero-order valence-electron chi connectivity index (χ0n) is 16.2. The number of esters is 1. The Kier molecular flexibility index (Phi) is 5.10. The van der Waals surface area contributed by atoms with Crippen LogP contribution in [0.15, 0.2) is 24.3 Å². The highest BCUT2D eigenvalue weighted by Crippen LogP contribution is 2.51. The molecule has 152 valence electrons. The van der Waals surface area contributed by atoms with Gasteiger partial charge in [0.1, 0.15) is 22.8 Å². The van der Waals surface area contributed by atoms with Crippen LogP contribution in [0.4, 0.5) is 10.8 Å². The monoisotopic (exact) mass is 440 g/mol. The summed E-state index contributed by atoms with van der Waals surface area (Å²) in [6.07, 6.45) is 0. The summed E-state index contributed by atoms with van der Waals surface area (Å²) in [6, 6.07) is 9.14. The number of hydrogen-bond donors (Lipinski definition) is 2. The van der Waals surface area contributed by atoms with E-state index in [-0.39, 0.29) is 12.4 Å². The maximum atomic E-state index is 13.0. The van der Waals surface area contributed by atoms with Crippen LogP contribution in [0.2, 0.25) is 5.02 Å². The second kappa shape index (κ2) is 7.59. The van der Waals surface area contributed by atoms with Crippen molar-refractivity contribution in [1.82, 2.24) is 4.98 Å². The van der Waals surface area contributed by atoms with E-state index in [1.165, 1.54) is 11.3 Å². The molecule has 30 heavy (non-hydrogen) atoms. The Morgan fingerprint density at radius 2 is 2.17 bits per heavy atom. The molecule has 7 nitrogen and oxygen atoms in total. The number of pyridine rings is 1. The summed E-state index contributed by atoms with van der Waals surface area (Å²) in [5.74, 6) is -2.83. The summed E-state index contributed by atoms with van der Waals surface area (Å²) < 4.78 is 5.93. The van der Waals surface area contributed by atoms with E-state index in [9.17, 15) is 14.9 Å². The number of nitrogens with two attached hydrogens (primary N) is 1. The van der Waals surface area contributed by atoms with E-state index in [2.05, 4.69) is 16.4 Å². The minimum Gasteiger partial charge on any atom is -0.465 e. The molecule has 0 unspecified atom stereocenters. The summed E-state index contributed by atoms with van der Waals surface area (Å²) in [5, 5.41) is 13.2. The molecule has 9 heteroatoms. The number of halogens is 1. The highest BCUT2D eigenvalue weighted by molar-refractivity contribution is 7.23. The Bertz CT molecular complexity index is 1250. The Balaban J connectivity index is 2.06. The van der Waals surface area contributed by atoms with Crippen molar-refractivity contribution in [3.8, 4) is 6.07 Å². The molecular weight excluding hydrogens is 424 g/mol. The average Bonchev–Trinajstić information content (AvgIpc) is 3.06. The van der Waals surface area contributed by atoms with Crippen LogP contribution in [-0.2, 0) is 14.3 Å². The maximum Gasteiger partial charge on any atom is 0.319 e. The molecule has 4 rings (SSSR count). The number of nitrogens with one attached hydrogen (secondary N) is 1. The zero-order valence-corrected chi connectivity index (χ0v) is 17.7. The van der Waals surface area contributed by atoms with Gasteiger partial charge in [0.15, 0.2) is 0 Å². The number of nitrogens with zero attached hydrogens (tertiary/aromatic N) is 2. The molecule has 0 bridgehead atoms. The highest BCUT2D eigenvalue weighted by Gasteiger charge is 2.45. The van der Waals surface area contributed by atoms with Crippen molar-refractivity contribution < 1.29 is 14.3 Å². The van der Waals surface area contributed by atoms with Gasteiger partial charge >= 0.3 is 5.97 Å². The summed E-state index contributed by atoms with van der Waals surface area (Å²) in [7, 11) is 0. The molecule has 3 aromatic rings. The van der Waals surface area contributed by atoms with Crippen LogP contribution < -0.4 is 11.1 Å². The summed E-state index contributed by atoms with van der Waals surface area (Å²) in [6.45, 7) is 3.62. The molecule has 3 heterocycles. The van der Waals surface area contributed by atoms with E-state index in [0.29, 0.717) is 37.8 Å². The normalized spacial score (nSPS) is 17.9. The second-order valence-electron chi connectivity index (χ2n) is 6.85. The topological polar surface area (TPSA) is 118 Å². The first-order valence-electron chi connectivity index (χ1n) is 9.23. The van der Waals surface area contributed by atoms with Crippen LogP contribution in [0.1, 0.15) is 35.1 Å². The predicted molar refractivity (Wildman–Crippen MR) is 116 cm³/mol. The number of carbonyl (C=O) groups excluding carboxylic acids is 2. The highest BCUT2D eigenvalue weighted by atomic mass is 35.5. The summed E-state index contributed by atoms with van der Waals surface area (Å²) in [5.41, 5.74) is 8.83. The fourth-order valence-electron chi connectivity index (χ4n) is 3.85. The van der Waals surface area contributed by atoms with Gasteiger partial charge < -0.3 is 15.8 Å². The van der Waals surface area contributed by atoms with Crippen LogP contribution in [0.5, 0.6) is 0 Å². The van der Waals surface area contributed by atoms with Crippen molar-refractivity contribution in [3.05, 3.63) is 51.5 Å². The van der Waals surface area contributed by atoms with Crippen LogP contribution in [0, 0.1) is 24.2 Å². The smallest absolute Gasteiger partial charge is 0.319 e. The number of amides is 1. The van der Waals surface area contributed by atoms with Gasteiger partial charge in [-0.05, 0) is 31.0 Å². The van der Waals surface area contributed by atoms with E-state index in [1.54, 1.807) is 38.1 Å². The van der Waals surface area contributed by atoms with Crippen LogP contribution >= 0.6 is 22.9 Å². The third-order valence-corrected chi connectivity index (χ3v) is 6.75. The zero-order chi connectivity index (χ0) is 21.6. The molecule has 0 saturated carbocycles. The van der Waals surface area contributed by atoms with E-state index >= 15 is 0 Å². The third kappa shape index (κ3) is 2.98. The number of ether oxygens (including phenoxy) is 1. The number of nitrogen functional groups attached to an aromatic ring is 1. The van der Waals surface area contributed by atoms with Gasteiger partial charge in [0.25, 0.3) is 0 Å². The van der Waals surface area contributed by atoms with E-state index in [0.717, 1.165) is 4.70 Å².